The lowest BCUT2D eigenvalue weighted by molar-refractivity contribution is -0.129. The molecular formula is C14H15NO2S. The largest absolute Gasteiger partial charge is 0.461 e. The summed E-state index contributed by atoms with van der Waals surface area (Å²) in [4.78, 5) is 14.6. The molecule has 1 aromatic heterocycles. The van der Waals surface area contributed by atoms with Crippen LogP contribution in [-0.4, -0.2) is 11.5 Å². The van der Waals surface area contributed by atoms with Crippen molar-refractivity contribution in [2.75, 3.05) is 0 Å². The van der Waals surface area contributed by atoms with Crippen molar-refractivity contribution in [3.05, 3.63) is 40.9 Å². The number of rotatable bonds is 5. The number of hydrogen-bond donors (Lipinski definition) is 0. The predicted molar refractivity (Wildman–Crippen MR) is 72.5 cm³/mol. The standard InChI is InChI=1S/C14H15NO2S/c1-10(2)11-4-3-5-12(6-11)14-15-13(8-18-14)7-17-9-16/h3-6,8-10H,7H2,1-2H3. The number of ether oxygens (including phenoxy) is 1. The van der Waals surface area contributed by atoms with Crippen LogP contribution < -0.4 is 0 Å². The molecule has 2 rings (SSSR count). The average molecular weight is 261 g/mol. The van der Waals surface area contributed by atoms with Gasteiger partial charge in [-0.25, -0.2) is 4.98 Å². The molecule has 0 spiro atoms. The van der Waals surface area contributed by atoms with Crippen LogP contribution in [0.2, 0.25) is 0 Å². The van der Waals surface area contributed by atoms with Crippen molar-refractivity contribution < 1.29 is 9.53 Å². The van der Waals surface area contributed by atoms with Gasteiger partial charge in [-0.1, -0.05) is 32.0 Å². The molecule has 0 atom stereocenters. The van der Waals surface area contributed by atoms with E-state index in [0.29, 0.717) is 12.4 Å². The molecule has 0 amide bonds. The molecule has 2 aromatic rings. The number of hydrogen-bond acceptors (Lipinski definition) is 4. The van der Waals surface area contributed by atoms with Gasteiger partial charge in [-0.05, 0) is 17.5 Å². The van der Waals surface area contributed by atoms with Crippen molar-refractivity contribution in [2.45, 2.75) is 26.4 Å². The van der Waals surface area contributed by atoms with Crippen molar-refractivity contribution in [1.29, 1.82) is 0 Å². The summed E-state index contributed by atoms with van der Waals surface area (Å²) in [5.41, 5.74) is 3.20. The molecule has 3 nitrogen and oxygen atoms in total. The molecule has 0 aliphatic rings. The molecule has 94 valence electrons. The number of benzene rings is 1. The first-order chi connectivity index (χ1) is 8.70. The first-order valence-electron chi connectivity index (χ1n) is 5.80. The zero-order valence-corrected chi connectivity index (χ0v) is 11.2. The number of nitrogens with zero attached hydrogens (tertiary/aromatic N) is 1. The van der Waals surface area contributed by atoms with E-state index in [4.69, 9.17) is 4.74 Å². The van der Waals surface area contributed by atoms with E-state index < -0.39 is 0 Å². The van der Waals surface area contributed by atoms with Gasteiger partial charge in [0.05, 0.1) is 5.69 Å². The van der Waals surface area contributed by atoms with Crippen LogP contribution in [0.25, 0.3) is 10.6 Å². The maximum atomic E-state index is 10.1. The van der Waals surface area contributed by atoms with Crippen molar-refractivity contribution in [3.8, 4) is 10.6 Å². The molecule has 0 N–H and O–H groups in total. The van der Waals surface area contributed by atoms with Crippen LogP contribution in [0, 0.1) is 0 Å². The summed E-state index contributed by atoms with van der Waals surface area (Å²) in [5.74, 6) is 0.503. The minimum atomic E-state index is 0.240. The smallest absolute Gasteiger partial charge is 0.293 e. The van der Waals surface area contributed by atoms with E-state index in [1.807, 2.05) is 11.4 Å². The summed E-state index contributed by atoms with van der Waals surface area (Å²) >= 11 is 1.57. The second kappa shape index (κ2) is 5.78. The molecule has 0 aliphatic heterocycles. The summed E-state index contributed by atoms with van der Waals surface area (Å²) in [6.45, 7) is 5.02. The molecule has 0 saturated carbocycles. The molecule has 0 radical (unpaired) electrons. The van der Waals surface area contributed by atoms with E-state index in [-0.39, 0.29) is 6.61 Å². The van der Waals surface area contributed by atoms with Gasteiger partial charge < -0.3 is 4.74 Å². The fourth-order valence-corrected chi connectivity index (χ4v) is 2.46. The number of thiazole rings is 1. The second-order valence-electron chi connectivity index (χ2n) is 4.33. The molecular weight excluding hydrogens is 246 g/mol. The van der Waals surface area contributed by atoms with Crippen LogP contribution in [0.3, 0.4) is 0 Å². The van der Waals surface area contributed by atoms with Gasteiger partial charge in [-0.2, -0.15) is 0 Å². The Labute approximate surface area is 110 Å². The van der Waals surface area contributed by atoms with Crippen molar-refractivity contribution in [3.63, 3.8) is 0 Å². The van der Waals surface area contributed by atoms with E-state index in [9.17, 15) is 4.79 Å². The molecule has 1 aromatic carbocycles. The Hall–Kier alpha value is -1.68. The Bertz CT molecular complexity index is 534. The third kappa shape index (κ3) is 2.96. The Balaban J connectivity index is 2.22. The Morgan fingerprint density at radius 2 is 2.28 bits per heavy atom. The van der Waals surface area contributed by atoms with Crippen molar-refractivity contribution in [1.82, 2.24) is 4.98 Å². The maximum Gasteiger partial charge on any atom is 0.293 e. The van der Waals surface area contributed by atoms with E-state index >= 15 is 0 Å². The third-order valence-electron chi connectivity index (χ3n) is 2.65. The molecule has 0 aliphatic carbocycles. The Kier molecular flexibility index (Phi) is 4.10. The highest BCUT2D eigenvalue weighted by atomic mass is 32.1. The second-order valence-corrected chi connectivity index (χ2v) is 5.19. The summed E-state index contributed by atoms with van der Waals surface area (Å²) in [6.07, 6.45) is 0. The van der Waals surface area contributed by atoms with Gasteiger partial charge in [0.2, 0.25) is 0 Å². The summed E-state index contributed by atoms with van der Waals surface area (Å²) in [7, 11) is 0. The normalized spacial score (nSPS) is 10.6. The zero-order valence-electron chi connectivity index (χ0n) is 10.4. The van der Waals surface area contributed by atoms with Crippen molar-refractivity contribution in [2.24, 2.45) is 0 Å². The minimum absolute atomic E-state index is 0.240. The molecule has 4 heteroatoms. The zero-order chi connectivity index (χ0) is 13.0. The lowest BCUT2D eigenvalue weighted by Crippen LogP contribution is -1.91. The highest BCUT2D eigenvalue weighted by Gasteiger charge is 2.07. The summed E-state index contributed by atoms with van der Waals surface area (Å²) in [6, 6.07) is 8.38. The van der Waals surface area contributed by atoms with Gasteiger partial charge in [0.25, 0.3) is 6.47 Å². The van der Waals surface area contributed by atoms with E-state index in [0.717, 1.165) is 16.3 Å². The SMILES string of the molecule is CC(C)c1cccc(-c2nc(COC=O)cs2)c1. The fourth-order valence-electron chi connectivity index (χ4n) is 1.66. The molecule has 0 unspecified atom stereocenters. The minimum Gasteiger partial charge on any atom is -0.461 e. The van der Waals surface area contributed by atoms with Crippen LogP contribution >= 0.6 is 11.3 Å². The quantitative estimate of drug-likeness (QED) is 0.772. The molecule has 0 fully saturated rings. The van der Waals surface area contributed by atoms with E-state index in [2.05, 4.69) is 37.0 Å². The Morgan fingerprint density at radius 1 is 1.44 bits per heavy atom. The first kappa shape index (κ1) is 12.8. The van der Waals surface area contributed by atoms with Gasteiger partial charge >= 0.3 is 0 Å². The van der Waals surface area contributed by atoms with Crippen LogP contribution in [0.1, 0.15) is 31.0 Å². The predicted octanol–water partition coefficient (Wildman–Crippen LogP) is 3.61. The Morgan fingerprint density at radius 3 is 3.00 bits per heavy atom. The number of carbonyl (C=O) groups is 1. The number of carbonyl (C=O) groups excluding carboxylic acids is 1. The molecule has 0 saturated heterocycles. The molecule has 0 bridgehead atoms. The first-order valence-corrected chi connectivity index (χ1v) is 6.68. The lowest BCUT2D eigenvalue weighted by Gasteiger charge is -2.06. The molecule has 1 heterocycles. The monoisotopic (exact) mass is 261 g/mol. The van der Waals surface area contributed by atoms with Gasteiger partial charge in [0, 0.05) is 10.9 Å². The van der Waals surface area contributed by atoms with E-state index in [1.54, 1.807) is 11.3 Å². The van der Waals surface area contributed by atoms with Crippen LogP contribution in [0.4, 0.5) is 0 Å². The highest BCUT2D eigenvalue weighted by Crippen LogP contribution is 2.26. The van der Waals surface area contributed by atoms with Crippen LogP contribution in [0.5, 0.6) is 0 Å². The van der Waals surface area contributed by atoms with Crippen molar-refractivity contribution >= 4 is 17.8 Å². The summed E-state index contributed by atoms with van der Waals surface area (Å²) in [5, 5.41) is 2.88. The average Bonchev–Trinajstić information content (AvgIpc) is 2.85. The highest BCUT2D eigenvalue weighted by molar-refractivity contribution is 7.13. The summed E-state index contributed by atoms with van der Waals surface area (Å²) < 4.78 is 4.69. The van der Waals surface area contributed by atoms with Crippen LogP contribution in [0.15, 0.2) is 29.6 Å². The third-order valence-corrected chi connectivity index (χ3v) is 3.59. The van der Waals surface area contributed by atoms with Gasteiger partial charge in [-0.15, -0.1) is 11.3 Å². The lowest BCUT2D eigenvalue weighted by atomic mass is 10.0. The number of aromatic nitrogens is 1. The fraction of sp³-hybridized carbons (Fsp3) is 0.286. The van der Waals surface area contributed by atoms with Gasteiger partial charge in [-0.3, -0.25) is 4.79 Å². The van der Waals surface area contributed by atoms with Crippen LogP contribution in [-0.2, 0) is 16.1 Å². The topological polar surface area (TPSA) is 39.2 Å². The van der Waals surface area contributed by atoms with E-state index in [1.165, 1.54) is 5.56 Å². The van der Waals surface area contributed by atoms with Gasteiger partial charge in [0.15, 0.2) is 0 Å². The maximum absolute atomic E-state index is 10.1. The van der Waals surface area contributed by atoms with Gasteiger partial charge in [0.1, 0.15) is 11.6 Å². The molecule has 18 heavy (non-hydrogen) atoms.